The predicted octanol–water partition coefficient (Wildman–Crippen LogP) is 3.53. The Morgan fingerprint density at radius 2 is 2.06 bits per heavy atom. The minimum Gasteiger partial charge on any atom is -0.423 e. The Kier molecular flexibility index (Phi) is 2.56. The summed E-state index contributed by atoms with van der Waals surface area (Å²) < 4.78 is 5.21. The topological polar surface area (TPSA) is 30.2 Å². The van der Waals surface area contributed by atoms with Gasteiger partial charge < -0.3 is 4.42 Å². The van der Waals surface area contributed by atoms with E-state index < -0.39 is 0 Å². The quantitative estimate of drug-likeness (QED) is 0.643. The van der Waals surface area contributed by atoms with Gasteiger partial charge in [0.05, 0.1) is 0 Å². The van der Waals surface area contributed by atoms with Gasteiger partial charge in [0.2, 0.25) is 0 Å². The molecule has 0 aliphatic heterocycles. The number of hydrogen-bond donors (Lipinski definition) is 0. The van der Waals surface area contributed by atoms with Gasteiger partial charge >= 0.3 is 5.63 Å². The van der Waals surface area contributed by atoms with Crippen molar-refractivity contribution < 1.29 is 4.42 Å². The van der Waals surface area contributed by atoms with Crippen LogP contribution in [-0.4, -0.2) is 0 Å². The van der Waals surface area contributed by atoms with Crippen LogP contribution in [0.2, 0.25) is 0 Å². The lowest BCUT2D eigenvalue weighted by molar-refractivity contribution is 0.560. The van der Waals surface area contributed by atoms with E-state index in [4.69, 9.17) is 4.42 Å². The Morgan fingerprint density at radius 1 is 1.12 bits per heavy atom. The molecule has 0 radical (unpaired) electrons. The van der Waals surface area contributed by atoms with Crippen LogP contribution in [0.4, 0.5) is 0 Å². The van der Waals surface area contributed by atoms with Gasteiger partial charge in [-0.05, 0) is 55.0 Å². The molecular weight excluding hydrogens is 212 g/mol. The van der Waals surface area contributed by atoms with E-state index >= 15 is 0 Å². The van der Waals surface area contributed by atoms with Crippen molar-refractivity contribution in [2.24, 2.45) is 0 Å². The molecule has 0 spiro atoms. The molecule has 0 fully saturated rings. The van der Waals surface area contributed by atoms with Gasteiger partial charge in [-0.1, -0.05) is 12.2 Å². The smallest absolute Gasteiger partial charge is 0.336 e. The van der Waals surface area contributed by atoms with Gasteiger partial charge in [0.15, 0.2) is 0 Å². The van der Waals surface area contributed by atoms with E-state index in [0.29, 0.717) is 5.58 Å². The third-order valence-electron chi connectivity index (χ3n) is 3.25. The average Bonchev–Trinajstić information content (AvgIpc) is 2.29. The maximum atomic E-state index is 11.2. The third kappa shape index (κ3) is 2.03. The summed E-state index contributed by atoms with van der Waals surface area (Å²) >= 11 is 0. The van der Waals surface area contributed by atoms with Crippen LogP contribution in [0.5, 0.6) is 0 Å². The van der Waals surface area contributed by atoms with Crippen LogP contribution in [0.3, 0.4) is 0 Å². The van der Waals surface area contributed by atoms with Crippen molar-refractivity contribution in [2.75, 3.05) is 0 Å². The zero-order chi connectivity index (χ0) is 11.7. The van der Waals surface area contributed by atoms with Crippen LogP contribution in [0.25, 0.3) is 17.0 Å². The van der Waals surface area contributed by atoms with Crippen molar-refractivity contribution in [3.63, 3.8) is 0 Å². The summed E-state index contributed by atoms with van der Waals surface area (Å²) in [6.45, 7) is 0. The van der Waals surface area contributed by atoms with Gasteiger partial charge in [-0.3, -0.25) is 0 Å². The average molecular weight is 226 g/mol. The molecule has 1 aliphatic rings. The van der Waals surface area contributed by atoms with E-state index in [9.17, 15) is 4.79 Å². The second kappa shape index (κ2) is 4.21. The molecule has 0 N–H and O–H groups in total. The lowest BCUT2D eigenvalue weighted by atomic mass is 9.96. The first kappa shape index (κ1) is 10.3. The molecule has 2 heteroatoms. The first-order chi connectivity index (χ1) is 8.33. The molecule has 0 bridgehead atoms. The summed E-state index contributed by atoms with van der Waals surface area (Å²) in [5.74, 6) is 0. The number of hydrogen-bond acceptors (Lipinski definition) is 2. The van der Waals surface area contributed by atoms with Crippen LogP contribution >= 0.6 is 0 Å². The highest BCUT2D eigenvalue weighted by molar-refractivity contribution is 5.81. The zero-order valence-electron chi connectivity index (χ0n) is 9.61. The molecule has 17 heavy (non-hydrogen) atoms. The predicted molar refractivity (Wildman–Crippen MR) is 69.1 cm³/mol. The minimum absolute atomic E-state index is 0.285. The van der Waals surface area contributed by atoms with Gasteiger partial charge in [0.25, 0.3) is 0 Å². The number of rotatable bonds is 0. The Balaban J connectivity index is 2.24. The molecule has 2 nitrogen and oxygen atoms in total. The first-order valence-electron chi connectivity index (χ1n) is 6.06. The number of benzene rings is 1. The molecule has 1 aromatic carbocycles. The normalized spacial score (nSPS) is 17.2. The molecule has 2 aromatic rings. The van der Waals surface area contributed by atoms with Gasteiger partial charge in [0, 0.05) is 11.5 Å². The fraction of sp³-hybridized carbons (Fsp3) is 0.267. The van der Waals surface area contributed by atoms with Gasteiger partial charge in [-0.2, -0.15) is 0 Å². The van der Waals surface area contributed by atoms with Gasteiger partial charge in [0.1, 0.15) is 5.58 Å². The molecule has 0 atom stereocenters. The summed E-state index contributed by atoms with van der Waals surface area (Å²) in [7, 11) is 0. The number of fused-ring (bicyclic) bond motifs is 2. The SMILES string of the molecule is O=c1ccc2cc3c(cc2o1)/C=C\CCCC3. The fourth-order valence-corrected chi connectivity index (χ4v) is 2.34. The Bertz CT molecular complexity index is 635. The lowest BCUT2D eigenvalue weighted by Gasteiger charge is -2.10. The molecule has 0 amide bonds. The standard InChI is InChI=1S/C15H14O2/c16-15-8-7-13-9-11-5-3-1-2-4-6-12(11)10-14(13)17-15/h4,6-10H,1-3,5H2/b6-4-. The van der Waals surface area contributed by atoms with Crippen molar-refractivity contribution in [1.29, 1.82) is 0 Å². The van der Waals surface area contributed by atoms with Crippen molar-refractivity contribution in [1.82, 2.24) is 0 Å². The maximum Gasteiger partial charge on any atom is 0.336 e. The minimum atomic E-state index is -0.285. The van der Waals surface area contributed by atoms with Crippen molar-refractivity contribution >= 4 is 17.0 Å². The largest absolute Gasteiger partial charge is 0.423 e. The van der Waals surface area contributed by atoms with Crippen LogP contribution in [0.15, 0.2) is 39.6 Å². The fourth-order valence-electron chi connectivity index (χ4n) is 2.34. The van der Waals surface area contributed by atoms with Crippen molar-refractivity contribution in [2.45, 2.75) is 25.7 Å². The van der Waals surface area contributed by atoms with E-state index in [1.54, 1.807) is 0 Å². The van der Waals surface area contributed by atoms with Gasteiger partial charge in [-0.15, -0.1) is 0 Å². The molecular formula is C15H14O2. The summed E-state index contributed by atoms with van der Waals surface area (Å²) in [5, 5.41) is 1.01. The summed E-state index contributed by atoms with van der Waals surface area (Å²) in [4.78, 5) is 11.2. The second-order valence-electron chi connectivity index (χ2n) is 4.49. The molecule has 0 saturated carbocycles. The van der Waals surface area contributed by atoms with Crippen LogP contribution in [0, 0.1) is 0 Å². The Morgan fingerprint density at radius 3 is 3.00 bits per heavy atom. The summed E-state index contributed by atoms with van der Waals surface area (Å²) in [6.07, 6.45) is 9.05. The molecule has 86 valence electrons. The number of allylic oxidation sites excluding steroid dienone is 1. The molecule has 3 rings (SSSR count). The van der Waals surface area contributed by atoms with Crippen molar-refractivity contribution in [3.05, 3.63) is 51.9 Å². The van der Waals surface area contributed by atoms with Gasteiger partial charge in [-0.25, -0.2) is 4.79 Å². The van der Waals surface area contributed by atoms with E-state index in [1.807, 2.05) is 12.1 Å². The molecule has 1 aromatic heterocycles. The molecule has 0 unspecified atom stereocenters. The van der Waals surface area contributed by atoms with E-state index in [-0.39, 0.29) is 5.63 Å². The van der Waals surface area contributed by atoms with E-state index in [2.05, 4.69) is 18.2 Å². The molecule has 1 heterocycles. The van der Waals surface area contributed by atoms with Crippen LogP contribution < -0.4 is 5.63 Å². The molecule has 1 aliphatic carbocycles. The third-order valence-corrected chi connectivity index (χ3v) is 3.25. The highest BCUT2D eigenvalue weighted by Crippen LogP contribution is 2.24. The molecule has 0 saturated heterocycles. The summed E-state index contributed by atoms with van der Waals surface area (Å²) in [6, 6.07) is 7.44. The first-order valence-corrected chi connectivity index (χ1v) is 6.06. The van der Waals surface area contributed by atoms with Crippen molar-refractivity contribution in [3.8, 4) is 0 Å². The highest BCUT2D eigenvalue weighted by atomic mass is 16.4. The monoisotopic (exact) mass is 226 g/mol. The van der Waals surface area contributed by atoms with Crippen LogP contribution in [-0.2, 0) is 6.42 Å². The zero-order valence-corrected chi connectivity index (χ0v) is 9.61. The lowest BCUT2D eigenvalue weighted by Crippen LogP contribution is -1.97. The van der Waals surface area contributed by atoms with E-state index in [1.165, 1.54) is 30.0 Å². The van der Waals surface area contributed by atoms with Crippen LogP contribution in [0.1, 0.15) is 30.4 Å². The second-order valence-corrected chi connectivity index (χ2v) is 4.49. The Hall–Kier alpha value is -1.83. The Labute approximate surface area is 99.6 Å². The highest BCUT2D eigenvalue weighted by Gasteiger charge is 2.06. The van der Waals surface area contributed by atoms with E-state index in [0.717, 1.165) is 18.2 Å². The summed E-state index contributed by atoms with van der Waals surface area (Å²) in [5.41, 5.74) is 2.93. The maximum absolute atomic E-state index is 11.2. The number of aryl methyl sites for hydroxylation is 1.